The van der Waals surface area contributed by atoms with Crippen LogP contribution >= 0.6 is 0 Å². The minimum absolute atomic E-state index is 0.0504. The standard InChI is InChI=1S/C17H21N5O2/c1-12-10-13(2)22(19-12)16-5-4-15(11-18-16)17(24)21-8-6-20(7-9-21)14(3)23/h4-5,10-11H,6-9H2,1-3H3. The molecule has 0 atom stereocenters. The van der Waals surface area contributed by atoms with Crippen LogP contribution < -0.4 is 0 Å². The van der Waals surface area contributed by atoms with Gasteiger partial charge in [0.25, 0.3) is 5.91 Å². The van der Waals surface area contributed by atoms with Crippen molar-refractivity contribution >= 4 is 11.8 Å². The molecule has 0 aliphatic carbocycles. The van der Waals surface area contributed by atoms with Crippen molar-refractivity contribution in [2.75, 3.05) is 26.2 Å². The summed E-state index contributed by atoms with van der Waals surface area (Å²) in [7, 11) is 0. The number of hydrogen-bond donors (Lipinski definition) is 0. The van der Waals surface area contributed by atoms with Crippen LogP contribution in [0, 0.1) is 13.8 Å². The molecule has 0 N–H and O–H groups in total. The Morgan fingerprint density at radius 1 is 1.04 bits per heavy atom. The zero-order valence-corrected chi connectivity index (χ0v) is 14.2. The molecule has 2 amide bonds. The Labute approximate surface area is 140 Å². The summed E-state index contributed by atoms with van der Waals surface area (Å²) in [5.74, 6) is 0.696. The van der Waals surface area contributed by atoms with Crippen molar-refractivity contribution in [2.24, 2.45) is 0 Å². The van der Waals surface area contributed by atoms with Crippen LogP contribution in [0.2, 0.25) is 0 Å². The Hall–Kier alpha value is -2.70. The molecule has 24 heavy (non-hydrogen) atoms. The third-order valence-electron chi connectivity index (χ3n) is 4.23. The third-order valence-corrected chi connectivity index (χ3v) is 4.23. The first-order chi connectivity index (χ1) is 11.5. The van der Waals surface area contributed by atoms with Gasteiger partial charge in [0, 0.05) is 45.0 Å². The van der Waals surface area contributed by atoms with E-state index in [0.29, 0.717) is 37.6 Å². The van der Waals surface area contributed by atoms with Gasteiger partial charge in [0.15, 0.2) is 5.82 Å². The number of aromatic nitrogens is 3. The van der Waals surface area contributed by atoms with Crippen molar-refractivity contribution in [1.29, 1.82) is 0 Å². The molecule has 0 aromatic carbocycles. The van der Waals surface area contributed by atoms with E-state index in [2.05, 4.69) is 10.1 Å². The molecular weight excluding hydrogens is 306 g/mol. The summed E-state index contributed by atoms with van der Waals surface area (Å²) in [5, 5.41) is 4.39. The van der Waals surface area contributed by atoms with E-state index in [1.165, 1.54) is 0 Å². The van der Waals surface area contributed by atoms with E-state index in [-0.39, 0.29) is 11.8 Å². The molecule has 1 fully saturated rings. The van der Waals surface area contributed by atoms with E-state index in [9.17, 15) is 9.59 Å². The molecule has 0 unspecified atom stereocenters. The predicted octanol–water partition coefficient (Wildman–Crippen LogP) is 1.19. The number of amides is 2. The Bertz CT molecular complexity index is 758. The van der Waals surface area contributed by atoms with Gasteiger partial charge in [-0.05, 0) is 32.0 Å². The molecule has 7 nitrogen and oxygen atoms in total. The molecule has 3 heterocycles. The van der Waals surface area contributed by atoms with Gasteiger partial charge in [-0.15, -0.1) is 0 Å². The van der Waals surface area contributed by atoms with Crippen molar-refractivity contribution in [3.05, 3.63) is 41.3 Å². The highest BCUT2D eigenvalue weighted by Crippen LogP contribution is 2.13. The Morgan fingerprint density at radius 2 is 1.71 bits per heavy atom. The lowest BCUT2D eigenvalue weighted by molar-refractivity contribution is -0.130. The van der Waals surface area contributed by atoms with Crippen molar-refractivity contribution < 1.29 is 9.59 Å². The summed E-state index contributed by atoms with van der Waals surface area (Å²) >= 11 is 0. The fourth-order valence-corrected chi connectivity index (χ4v) is 2.91. The maximum absolute atomic E-state index is 12.6. The number of piperazine rings is 1. The second kappa shape index (κ2) is 6.43. The topological polar surface area (TPSA) is 71.3 Å². The number of carbonyl (C=O) groups is 2. The van der Waals surface area contributed by atoms with Crippen LogP contribution in [-0.2, 0) is 4.79 Å². The van der Waals surface area contributed by atoms with E-state index in [1.54, 1.807) is 39.7 Å². The highest BCUT2D eigenvalue weighted by Gasteiger charge is 2.23. The molecular formula is C17H21N5O2. The van der Waals surface area contributed by atoms with E-state index in [0.717, 1.165) is 11.4 Å². The number of pyridine rings is 1. The van der Waals surface area contributed by atoms with Gasteiger partial charge >= 0.3 is 0 Å². The SMILES string of the molecule is CC(=O)N1CCN(C(=O)c2ccc(-n3nc(C)cc3C)nc2)CC1. The fraction of sp³-hybridized carbons (Fsp3) is 0.412. The monoisotopic (exact) mass is 327 g/mol. The highest BCUT2D eigenvalue weighted by molar-refractivity contribution is 5.94. The maximum atomic E-state index is 12.6. The van der Waals surface area contributed by atoms with Gasteiger partial charge < -0.3 is 9.80 Å². The van der Waals surface area contributed by atoms with E-state index >= 15 is 0 Å². The van der Waals surface area contributed by atoms with Crippen LogP contribution in [0.3, 0.4) is 0 Å². The van der Waals surface area contributed by atoms with Gasteiger partial charge in [0.05, 0.1) is 11.3 Å². The predicted molar refractivity (Wildman–Crippen MR) is 89.0 cm³/mol. The molecule has 2 aromatic rings. The molecule has 0 radical (unpaired) electrons. The second-order valence-electron chi connectivity index (χ2n) is 6.04. The van der Waals surface area contributed by atoms with Gasteiger partial charge in [0.2, 0.25) is 5.91 Å². The van der Waals surface area contributed by atoms with Crippen LogP contribution in [0.4, 0.5) is 0 Å². The molecule has 2 aromatic heterocycles. The summed E-state index contributed by atoms with van der Waals surface area (Å²) in [6.07, 6.45) is 1.59. The average molecular weight is 327 g/mol. The van der Waals surface area contributed by atoms with Gasteiger partial charge in [-0.25, -0.2) is 9.67 Å². The van der Waals surface area contributed by atoms with Gasteiger partial charge in [-0.1, -0.05) is 0 Å². The van der Waals surface area contributed by atoms with Crippen molar-refractivity contribution in [1.82, 2.24) is 24.6 Å². The number of carbonyl (C=O) groups excluding carboxylic acids is 2. The Kier molecular flexibility index (Phi) is 4.33. The molecule has 3 rings (SSSR count). The molecule has 1 aliphatic rings. The molecule has 1 saturated heterocycles. The average Bonchev–Trinajstić information content (AvgIpc) is 2.93. The van der Waals surface area contributed by atoms with Crippen LogP contribution in [0.1, 0.15) is 28.7 Å². The van der Waals surface area contributed by atoms with Gasteiger partial charge in [-0.3, -0.25) is 9.59 Å². The van der Waals surface area contributed by atoms with Crippen molar-refractivity contribution in [3.8, 4) is 5.82 Å². The lowest BCUT2D eigenvalue weighted by atomic mass is 10.2. The smallest absolute Gasteiger partial charge is 0.255 e. The first-order valence-electron chi connectivity index (χ1n) is 8.00. The first kappa shape index (κ1) is 16.2. The molecule has 0 spiro atoms. The quantitative estimate of drug-likeness (QED) is 0.831. The first-order valence-corrected chi connectivity index (χ1v) is 8.00. The third kappa shape index (κ3) is 3.15. The maximum Gasteiger partial charge on any atom is 0.255 e. The Balaban J connectivity index is 1.71. The number of nitrogens with zero attached hydrogens (tertiary/aromatic N) is 5. The van der Waals surface area contributed by atoms with Gasteiger partial charge in [0.1, 0.15) is 0 Å². The van der Waals surface area contributed by atoms with Crippen LogP contribution in [0.5, 0.6) is 0 Å². The summed E-state index contributed by atoms with van der Waals surface area (Å²) in [4.78, 5) is 31.8. The molecule has 0 bridgehead atoms. The Morgan fingerprint density at radius 3 is 2.21 bits per heavy atom. The molecule has 126 valence electrons. The minimum atomic E-state index is -0.0504. The summed E-state index contributed by atoms with van der Waals surface area (Å²) in [6, 6.07) is 5.56. The van der Waals surface area contributed by atoms with E-state index < -0.39 is 0 Å². The van der Waals surface area contributed by atoms with E-state index in [1.807, 2.05) is 19.9 Å². The van der Waals surface area contributed by atoms with Crippen LogP contribution in [0.25, 0.3) is 5.82 Å². The lowest BCUT2D eigenvalue weighted by Crippen LogP contribution is -2.50. The van der Waals surface area contributed by atoms with Crippen molar-refractivity contribution in [2.45, 2.75) is 20.8 Å². The number of rotatable bonds is 2. The van der Waals surface area contributed by atoms with Crippen molar-refractivity contribution in [3.63, 3.8) is 0 Å². The van der Waals surface area contributed by atoms with Crippen LogP contribution in [0.15, 0.2) is 24.4 Å². The fourth-order valence-electron chi connectivity index (χ4n) is 2.91. The van der Waals surface area contributed by atoms with E-state index in [4.69, 9.17) is 0 Å². The zero-order valence-electron chi connectivity index (χ0n) is 14.2. The number of hydrogen-bond acceptors (Lipinski definition) is 4. The summed E-state index contributed by atoms with van der Waals surface area (Å²) in [6.45, 7) is 7.72. The molecule has 0 saturated carbocycles. The normalized spacial score (nSPS) is 14.8. The molecule has 1 aliphatic heterocycles. The second-order valence-corrected chi connectivity index (χ2v) is 6.04. The number of aryl methyl sites for hydroxylation is 2. The van der Waals surface area contributed by atoms with Crippen LogP contribution in [-0.4, -0.2) is 62.6 Å². The molecule has 7 heteroatoms. The summed E-state index contributed by atoms with van der Waals surface area (Å²) < 4.78 is 1.76. The summed E-state index contributed by atoms with van der Waals surface area (Å²) in [5.41, 5.74) is 2.48. The lowest BCUT2D eigenvalue weighted by Gasteiger charge is -2.34. The highest BCUT2D eigenvalue weighted by atomic mass is 16.2. The zero-order chi connectivity index (χ0) is 17.3. The minimum Gasteiger partial charge on any atom is -0.339 e. The van der Waals surface area contributed by atoms with Gasteiger partial charge in [-0.2, -0.15) is 5.10 Å². The largest absolute Gasteiger partial charge is 0.339 e.